The predicted molar refractivity (Wildman–Crippen MR) is 98.5 cm³/mol. The molecule has 1 heterocycles. The second kappa shape index (κ2) is 8.91. The molecule has 9 nitrogen and oxygen atoms in total. The van der Waals surface area contributed by atoms with Gasteiger partial charge in [0.15, 0.2) is 18.1 Å². The van der Waals surface area contributed by atoms with E-state index in [4.69, 9.17) is 14.6 Å². The Hall–Kier alpha value is -2.53. The molecule has 0 unspecified atom stereocenters. The maximum atomic E-state index is 12.4. The molecule has 2 amide bonds. The molecule has 1 fully saturated rings. The normalized spacial score (nSPS) is 15.2. The molecule has 1 N–H and O–H groups in total. The van der Waals surface area contributed by atoms with Crippen LogP contribution in [0.1, 0.15) is 5.56 Å². The van der Waals surface area contributed by atoms with Gasteiger partial charge < -0.3 is 19.3 Å². The third kappa shape index (κ3) is 5.01. The Morgan fingerprint density at radius 2 is 1.96 bits per heavy atom. The number of carbonyl (C=O) groups is 4. The van der Waals surface area contributed by atoms with Crippen molar-refractivity contribution in [1.29, 1.82) is 0 Å². The van der Waals surface area contributed by atoms with Gasteiger partial charge in [-0.2, -0.15) is 0 Å². The van der Waals surface area contributed by atoms with E-state index in [-0.39, 0.29) is 16.4 Å². The highest BCUT2D eigenvalue weighted by molar-refractivity contribution is 9.10. The number of carboxylic acid groups (broad SMARTS) is 1. The second-order valence-electron chi connectivity index (χ2n) is 5.05. The van der Waals surface area contributed by atoms with Crippen LogP contribution in [0.2, 0.25) is 0 Å². The van der Waals surface area contributed by atoms with Crippen molar-refractivity contribution in [2.45, 2.75) is 0 Å². The average Bonchev–Trinajstić information content (AvgIpc) is 2.88. The Kier molecular flexibility index (Phi) is 6.86. The Labute approximate surface area is 166 Å². The fourth-order valence-corrected chi connectivity index (χ4v) is 3.31. The number of methoxy groups -OCH3 is 2. The zero-order valence-corrected chi connectivity index (χ0v) is 16.6. The number of carboxylic acids is 1. The molecule has 0 aromatic heterocycles. The molecule has 27 heavy (non-hydrogen) atoms. The first-order chi connectivity index (χ1) is 12.8. The number of hydrogen-bond acceptors (Lipinski definition) is 8. The van der Waals surface area contributed by atoms with Gasteiger partial charge in [-0.05, 0) is 35.5 Å². The smallest absolute Gasteiger partial charge is 0.341 e. The lowest BCUT2D eigenvalue weighted by Gasteiger charge is -2.12. The van der Waals surface area contributed by atoms with Crippen molar-refractivity contribution in [3.05, 3.63) is 27.1 Å². The molecule has 11 heteroatoms. The number of carbonyl (C=O) groups excluding carboxylic acids is 3. The third-order valence-corrected chi connectivity index (χ3v) is 4.90. The Morgan fingerprint density at radius 1 is 1.26 bits per heavy atom. The van der Waals surface area contributed by atoms with Crippen LogP contribution >= 0.6 is 27.7 Å². The van der Waals surface area contributed by atoms with Crippen LogP contribution in [0.4, 0.5) is 4.79 Å². The van der Waals surface area contributed by atoms with E-state index in [0.717, 1.165) is 12.0 Å². The van der Waals surface area contributed by atoms with E-state index in [1.807, 2.05) is 0 Å². The summed E-state index contributed by atoms with van der Waals surface area (Å²) in [6.07, 6.45) is 1.45. The number of nitrogens with zero attached hydrogens (tertiary/aromatic N) is 1. The van der Waals surface area contributed by atoms with Gasteiger partial charge in [0.05, 0.1) is 19.1 Å². The fourth-order valence-electron chi connectivity index (χ4n) is 2.04. The molecule has 1 saturated heterocycles. The zero-order chi connectivity index (χ0) is 20.1. The predicted octanol–water partition coefficient (Wildman–Crippen LogP) is 2.13. The zero-order valence-electron chi connectivity index (χ0n) is 14.2. The Morgan fingerprint density at radius 3 is 2.56 bits per heavy atom. The van der Waals surface area contributed by atoms with Crippen molar-refractivity contribution < 1.29 is 38.5 Å². The number of amides is 2. The van der Waals surface area contributed by atoms with Gasteiger partial charge in [-0.3, -0.25) is 19.3 Å². The standard InChI is InChI=1S/C16H14BrNO8S/c1-24-10-3-8(9(17)5-11(10)26-7-13(19)20)4-12-15(22)18(16(23)27-12)6-14(21)25-2/h3-5H,6-7H2,1-2H3,(H,19,20). The van der Waals surface area contributed by atoms with Crippen molar-refractivity contribution >= 4 is 56.9 Å². The average molecular weight is 460 g/mol. The molecule has 0 saturated carbocycles. The minimum atomic E-state index is -1.14. The lowest BCUT2D eigenvalue weighted by atomic mass is 10.2. The maximum absolute atomic E-state index is 12.4. The van der Waals surface area contributed by atoms with Gasteiger partial charge in [-0.15, -0.1) is 0 Å². The van der Waals surface area contributed by atoms with Gasteiger partial charge in [0, 0.05) is 4.47 Å². The lowest BCUT2D eigenvalue weighted by molar-refractivity contribution is -0.143. The number of hydrogen-bond donors (Lipinski definition) is 1. The molecule has 0 bridgehead atoms. The summed E-state index contributed by atoms with van der Waals surface area (Å²) in [4.78, 5) is 47.2. The molecule has 1 aliphatic heterocycles. The van der Waals surface area contributed by atoms with Gasteiger partial charge in [-0.25, -0.2) is 4.79 Å². The summed E-state index contributed by atoms with van der Waals surface area (Å²) in [5.41, 5.74) is 0.498. The van der Waals surface area contributed by atoms with Crippen LogP contribution in [-0.2, 0) is 19.1 Å². The molecule has 0 radical (unpaired) electrons. The van der Waals surface area contributed by atoms with Crippen LogP contribution in [0.25, 0.3) is 6.08 Å². The first kappa shape index (κ1) is 20.8. The van der Waals surface area contributed by atoms with E-state index in [1.165, 1.54) is 25.3 Å². The summed E-state index contributed by atoms with van der Waals surface area (Å²) in [6.45, 7) is -1.01. The second-order valence-corrected chi connectivity index (χ2v) is 6.90. The van der Waals surface area contributed by atoms with Crippen LogP contribution in [0.3, 0.4) is 0 Å². The number of imide groups is 1. The van der Waals surface area contributed by atoms with E-state index in [2.05, 4.69) is 20.7 Å². The molecule has 2 rings (SSSR count). The summed E-state index contributed by atoms with van der Waals surface area (Å²) >= 11 is 4.00. The number of thioether (sulfide) groups is 1. The minimum Gasteiger partial charge on any atom is -0.493 e. The highest BCUT2D eigenvalue weighted by Crippen LogP contribution is 2.38. The van der Waals surface area contributed by atoms with Crippen LogP contribution < -0.4 is 9.47 Å². The van der Waals surface area contributed by atoms with Crippen LogP contribution in [-0.4, -0.2) is 60.5 Å². The van der Waals surface area contributed by atoms with E-state index in [1.54, 1.807) is 0 Å². The van der Waals surface area contributed by atoms with Crippen molar-refractivity contribution in [2.75, 3.05) is 27.4 Å². The summed E-state index contributed by atoms with van der Waals surface area (Å²) in [7, 11) is 2.54. The van der Waals surface area contributed by atoms with Crippen LogP contribution in [0, 0.1) is 0 Å². The van der Waals surface area contributed by atoms with Crippen molar-refractivity contribution in [1.82, 2.24) is 4.90 Å². The molecule has 0 spiro atoms. The molecule has 1 aliphatic rings. The Balaban J connectivity index is 2.30. The van der Waals surface area contributed by atoms with Crippen LogP contribution in [0.5, 0.6) is 11.5 Å². The minimum absolute atomic E-state index is 0.117. The van der Waals surface area contributed by atoms with E-state index in [0.29, 0.717) is 21.8 Å². The molecule has 0 atom stereocenters. The molecular formula is C16H14BrNO8S. The number of esters is 1. The number of benzene rings is 1. The summed E-state index contributed by atoms with van der Waals surface area (Å²) < 4.78 is 15.3. The largest absolute Gasteiger partial charge is 0.493 e. The number of halogens is 1. The first-order valence-electron chi connectivity index (χ1n) is 7.31. The summed E-state index contributed by atoms with van der Waals surface area (Å²) in [5, 5.41) is 8.13. The maximum Gasteiger partial charge on any atom is 0.341 e. The van der Waals surface area contributed by atoms with Crippen molar-refractivity contribution in [3.8, 4) is 11.5 Å². The van der Waals surface area contributed by atoms with Crippen molar-refractivity contribution in [2.24, 2.45) is 0 Å². The van der Waals surface area contributed by atoms with E-state index >= 15 is 0 Å². The van der Waals surface area contributed by atoms with Gasteiger partial charge in [0.25, 0.3) is 11.1 Å². The molecule has 144 valence electrons. The monoisotopic (exact) mass is 459 g/mol. The van der Waals surface area contributed by atoms with Crippen molar-refractivity contribution in [3.63, 3.8) is 0 Å². The van der Waals surface area contributed by atoms with Gasteiger partial charge in [0.1, 0.15) is 6.54 Å². The topological polar surface area (TPSA) is 119 Å². The van der Waals surface area contributed by atoms with Gasteiger partial charge >= 0.3 is 11.9 Å². The summed E-state index contributed by atoms with van der Waals surface area (Å²) in [6, 6.07) is 3.02. The Bertz CT molecular complexity index is 838. The summed E-state index contributed by atoms with van der Waals surface area (Å²) in [5.74, 6) is -2.02. The molecule has 1 aromatic carbocycles. The molecule has 1 aromatic rings. The van der Waals surface area contributed by atoms with E-state index in [9.17, 15) is 19.2 Å². The van der Waals surface area contributed by atoms with E-state index < -0.39 is 36.2 Å². The highest BCUT2D eigenvalue weighted by Gasteiger charge is 2.36. The van der Waals surface area contributed by atoms with Crippen LogP contribution in [0.15, 0.2) is 21.5 Å². The lowest BCUT2D eigenvalue weighted by Crippen LogP contribution is -2.34. The molecular weight excluding hydrogens is 446 g/mol. The number of rotatable bonds is 7. The highest BCUT2D eigenvalue weighted by atomic mass is 79.9. The van der Waals surface area contributed by atoms with Gasteiger partial charge in [-0.1, -0.05) is 15.9 Å². The number of aliphatic carboxylic acids is 1. The quantitative estimate of drug-likeness (QED) is 0.482. The fraction of sp³-hybridized carbons (Fsp3) is 0.250. The SMILES string of the molecule is COC(=O)CN1C(=O)SC(=Cc2cc(OC)c(OCC(=O)O)cc2Br)C1=O. The number of ether oxygens (including phenoxy) is 3. The first-order valence-corrected chi connectivity index (χ1v) is 8.92. The van der Waals surface area contributed by atoms with Gasteiger partial charge in [0.2, 0.25) is 0 Å². The third-order valence-electron chi connectivity index (χ3n) is 3.31. The molecule has 0 aliphatic carbocycles.